The van der Waals surface area contributed by atoms with Gasteiger partial charge in [-0.2, -0.15) is 0 Å². The van der Waals surface area contributed by atoms with E-state index in [9.17, 15) is 5.11 Å². The molecule has 0 spiro atoms. The van der Waals surface area contributed by atoms with E-state index >= 15 is 0 Å². The Hall–Kier alpha value is -1.52. The highest BCUT2D eigenvalue weighted by molar-refractivity contribution is 5.83. The van der Waals surface area contributed by atoms with Crippen LogP contribution < -0.4 is 10.1 Å². The second kappa shape index (κ2) is 4.87. The first-order chi connectivity index (χ1) is 9.26. The fourth-order valence-electron chi connectivity index (χ4n) is 2.61. The van der Waals surface area contributed by atoms with E-state index in [1.807, 2.05) is 24.3 Å². The van der Waals surface area contributed by atoms with Gasteiger partial charge in [-0.3, -0.25) is 0 Å². The summed E-state index contributed by atoms with van der Waals surface area (Å²) in [6, 6.07) is 7.88. The number of aliphatic hydroxyl groups is 1. The Morgan fingerprint density at radius 2 is 2.26 bits per heavy atom. The van der Waals surface area contributed by atoms with Crippen molar-refractivity contribution in [1.82, 2.24) is 5.32 Å². The van der Waals surface area contributed by atoms with E-state index in [1.54, 1.807) is 7.11 Å². The average Bonchev–Trinajstić information content (AvgIpc) is 2.80. The Morgan fingerprint density at radius 3 is 2.89 bits per heavy atom. The van der Waals surface area contributed by atoms with E-state index in [4.69, 9.17) is 9.15 Å². The maximum Gasteiger partial charge on any atom is 0.176 e. The number of rotatable bonds is 5. The lowest BCUT2D eigenvalue weighted by Gasteiger charge is -2.41. The summed E-state index contributed by atoms with van der Waals surface area (Å²) in [7, 11) is 1.64. The summed E-state index contributed by atoms with van der Waals surface area (Å²) in [4.78, 5) is 0. The van der Waals surface area contributed by atoms with Crippen molar-refractivity contribution in [3.8, 4) is 5.75 Å². The minimum absolute atomic E-state index is 0.0942. The second-order valence-corrected chi connectivity index (χ2v) is 5.24. The molecule has 0 bridgehead atoms. The molecular formula is C15H19NO3. The van der Waals surface area contributed by atoms with Crippen LogP contribution in [0, 0.1) is 0 Å². The van der Waals surface area contributed by atoms with Crippen molar-refractivity contribution in [2.45, 2.75) is 31.3 Å². The van der Waals surface area contributed by atoms with Crippen LogP contribution in [0.25, 0.3) is 11.0 Å². The second-order valence-electron chi connectivity index (χ2n) is 5.24. The molecule has 0 atom stereocenters. The van der Waals surface area contributed by atoms with Gasteiger partial charge in [0, 0.05) is 10.9 Å². The summed E-state index contributed by atoms with van der Waals surface area (Å²) in [5.41, 5.74) is 0.691. The molecular weight excluding hydrogens is 242 g/mol. The molecule has 0 unspecified atom stereocenters. The van der Waals surface area contributed by atoms with Crippen molar-refractivity contribution in [2.24, 2.45) is 0 Å². The van der Waals surface area contributed by atoms with E-state index in [-0.39, 0.29) is 12.1 Å². The number of fused-ring (bicyclic) bond motifs is 1. The number of hydrogen-bond donors (Lipinski definition) is 2. The van der Waals surface area contributed by atoms with Gasteiger partial charge in [-0.1, -0.05) is 12.1 Å². The molecule has 1 aliphatic carbocycles. The van der Waals surface area contributed by atoms with Crippen LogP contribution in [0.1, 0.15) is 25.0 Å². The Labute approximate surface area is 112 Å². The molecule has 4 nitrogen and oxygen atoms in total. The number of hydrogen-bond acceptors (Lipinski definition) is 4. The van der Waals surface area contributed by atoms with Gasteiger partial charge in [-0.15, -0.1) is 0 Å². The molecule has 2 N–H and O–H groups in total. The van der Waals surface area contributed by atoms with Crippen LogP contribution in [0.4, 0.5) is 0 Å². The minimum atomic E-state index is -0.0942. The SMILES string of the molecule is COc1cccc2cc(CNC3(CO)CCC3)oc12. The fourth-order valence-corrected chi connectivity index (χ4v) is 2.61. The molecule has 1 aromatic carbocycles. The van der Waals surface area contributed by atoms with Crippen LogP contribution in [0.3, 0.4) is 0 Å². The van der Waals surface area contributed by atoms with Crippen molar-refractivity contribution in [3.63, 3.8) is 0 Å². The smallest absolute Gasteiger partial charge is 0.176 e. The number of benzene rings is 1. The Bertz CT molecular complexity index is 566. The lowest BCUT2D eigenvalue weighted by molar-refractivity contribution is 0.0854. The highest BCUT2D eigenvalue weighted by Gasteiger charge is 2.35. The van der Waals surface area contributed by atoms with Crippen molar-refractivity contribution in [3.05, 3.63) is 30.0 Å². The molecule has 3 rings (SSSR count). The van der Waals surface area contributed by atoms with Crippen LogP contribution >= 0.6 is 0 Å². The number of methoxy groups -OCH3 is 1. The highest BCUT2D eigenvalue weighted by atomic mass is 16.5. The molecule has 1 fully saturated rings. The normalized spacial score (nSPS) is 17.4. The van der Waals surface area contributed by atoms with Crippen LogP contribution in [0.5, 0.6) is 5.75 Å². The largest absolute Gasteiger partial charge is 0.493 e. The predicted molar refractivity (Wildman–Crippen MR) is 73.3 cm³/mol. The van der Waals surface area contributed by atoms with Gasteiger partial charge in [0.2, 0.25) is 0 Å². The van der Waals surface area contributed by atoms with E-state index in [0.717, 1.165) is 35.3 Å². The molecule has 102 valence electrons. The maximum absolute atomic E-state index is 9.42. The average molecular weight is 261 g/mol. The third kappa shape index (κ3) is 2.22. The summed E-state index contributed by atoms with van der Waals surface area (Å²) in [5, 5.41) is 13.9. The number of para-hydroxylation sites is 1. The molecule has 1 aliphatic rings. The minimum Gasteiger partial charge on any atom is -0.493 e. The summed E-state index contributed by atoms with van der Waals surface area (Å²) < 4.78 is 11.1. The monoisotopic (exact) mass is 261 g/mol. The number of furan rings is 1. The maximum atomic E-state index is 9.42. The molecule has 0 amide bonds. The standard InChI is InChI=1S/C15H19NO3/c1-18-13-5-2-4-11-8-12(19-14(11)13)9-16-15(10-17)6-3-7-15/h2,4-5,8,16-17H,3,6-7,9-10H2,1H3. The summed E-state index contributed by atoms with van der Waals surface area (Å²) in [5.74, 6) is 1.63. The van der Waals surface area contributed by atoms with Crippen LogP contribution in [0.15, 0.2) is 28.7 Å². The zero-order chi connectivity index (χ0) is 13.3. The zero-order valence-electron chi connectivity index (χ0n) is 11.1. The van der Waals surface area contributed by atoms with Gasteiger partial charge < -0.3 is 19.6 Å². The number of nitrogens with one attached hydrogen (secondary N) is 1. The quantitative estimate of drug-likeness (QED) is 0.868. The van der Waals surface area contributed by atoms with Gasteiger partial charge in [0.05, 0.1) is 20.3 Å². The van der Waals surface area contributed by atoms with Gasteiger partial charge >= 0.3 is 0 Å². The van der Waals surface area contributed by atoms with Gasteiger partial charge in [-0.25, -0.2) is 0 Å². The van der Waals surface area contributed by atoms with Crippen molar-refractivity contribution < 1.29 is 14.3 Å². The first kappa shape index (κ1) is 12.5. The first-order valence-electron chi connectivity index (χ1n) is 6.68. The van der Waals surface area contributed by atoms with Crippen molar-refractivity contribution in [1.29, 1.82) is 0 Å². The van der Waals surface area contributed by atoms with Gasteiger partial charge in [0.15, 0.2) is 11.3 Å². The fraction of sp³-hybridized carbons (Fsp3) is 0.467. The van der Waals surface area contributed by atoms with Crippen LogP contribution in [0.2, 0.25) is 0 Å². The van der Waals surface area contributed by atoms with Crippen molar-refractivity contribution >= 4 is 11.0 Å². The zero-order valence-corrected chi connectivity index (χ0v) is 11.1. The first-order valence-corrected chi connectivity index (χ1v) is 6.68. The van der Waals surface area contributed by atoms with Crippen LogP contribution in [-0.2, 0) is 6.54 Å². The molecule has 0 aliphatic heterocycles. The topological polar surface area (TPSA) is 54.6 Å². The van der Waals surface area contributed by atoms with Crippen molar-refractivity contribution in [2.75, 3.05) is 13.7 Å². The van der Waals surface area contributed by atoms with E-state index in [0.29, 0.717) is 6.54 Å². The van der Waals surface area contributed by atoms with Crippen LogP contribution in [-0.4, -0.2) is 24.4 Å². The molecule has 1 aromatic heterocycles. The molecule has 0 saturated heterocycles. The third-order valence-corrected chi connectivity index (χ3v) is 4.03. The third-order valence-electron chi connectivity index (χ3n) is 4.03. The Kier molecular flexibility index (Phi) is 3.21. The number of aliphatic hydroxyl groups excluding tert-OH is 1. The molecule has 2 aromatic rings. The molecule has 4 heteroatoms. The van der Waals surface area contributed by atoms with Gasteiger partial charge in [-0.05, 0) is 31.4 Å². The molecule has 1 heterocycles. The lowest BCUT2D eigenvalue weighted by atomic mass is 9.77. The van der Waals surface area contributed by atoms with E-state index in [1.165, 1.54) is 6.42 Å². The predicted octanol–water partition coefficient (Wildman–Crippen LogP) is 2.45. The Morgan fingerprint density at radius 1 is 1.42 bits per heavy atom. The molecule has 0 radical (unpaired) electrons. The Balaban J connectivity index is 1.78. The molecule has 1 saturated carbocycles. The summed E-state index contributed by atoms with van der Waals surface area (Å²) >= 11 is 0. The highest BCUT2D eigenvalue weighted by Crippen LogP contribution is 2.32. The lowest BCUT2D eigenvalue weighted by Crippen LogP contribution is -2.53. The summed E-state index contributed by atoms with van der Waals surface area (Å²) in [6.45, 7) is 0.828. The number of ether oxygens (including phenoxy) is 1. The van der Waals surface area contributed by atoms with Gasteiger partial charge in [0.25, 0.3) is 0 Å². The van der Waals surface area contributed by atoms with E-state index < -0.39 is 0 Å². The molecule has 19 heavy (non-hydrogen) atoms. The van der Waals surface area contributed by atoms with Gasteiger partial charge in [0.1, 0.15) is 5.76 Å². The summed E-state index contributed by atoms with van der Waals surface area (Å²) in [6.07, 6.45) is 3.25. The van der Waals surface area contributed by atoms with E-state index in [2.05, 4.69) is 5.32 Å².